The lowest BCUT2D eigenvalue weighted by molar-refractivity contribution is -0.0544. The molecule has 4 aromatic rings. The van der Waals surface area contributed by atoms with Crippen molar-refractivity contribution in [2.75, 3.05) is 36.9 Å². The number of anilines is 2. The van der Waals surface area contributed by atoms with Gasteiger partial charge in [-0.1, -0.05) is 24.5 Å². The molecule has 25 heteroatoms. The number of hydrogen-bond acceptors (Lipinski definition) is 17. The van der Waals surface area contributed by atoms with Crippen molar-refractivity contribution in [2.45, 2.75) is 61.3 Å². The lowest BCUT2D eigenvalue weighted by Gasteiger charge is -2.28. The fraction of sp³-hybridized carbons (Fsp3) is 0.583. The summed E-state index contributed by atoms with van der Waals surface area (Å²) in [6.07, 6.45) is -7.49. The number of nitrogens with one attached hydrogen (secondary N) is 3. The van der Waals surface area contributed by atoms with Crippen molar-refractivity contribution < 1.29 is 45.5 Å². The molecule has 0 aliphatic carbocycles. The summed E-state index contributed by atoms with van der Waals surface area (Å²) in [6.45, 7) is -9.08. The Hall–Kier alpha value is -2.56. The van der Waals surface area contributed by atoms with Crippen LogP contribution < -0.4 is 16.0 Å². The van der Waals surface area contributed by atoms with Gasteiger partial charge in [0.1, 0.15) is 37.1 Å². The maximum atomic E-state index is 16.3. The second kappa shape index (κ2) is 12.0. The molecule has 0 radical (unpaired) electrons. The second-order valence-electron chi connectivity index (χ2n) is 11.9. The minimum absolute atomic E-state index is 0.0626. The van der Waals surface area contributed by atoms with Crippen molar-refractivity contribution in [3.8, 4) is 0 Å². The van der Waals surface area contributed by atoms with Gasteiger partial charge in [0.2, 0.25) is 0 Å². The Bertz CT molecular complexity index is 1890. The molecular formula is C24H27F2N11O8P2S2. The molecule has 12 atom stereocenters. The van der Waals surface area contributed by atoms with Gasteiger partial charge in [0, 0.05) is 25.2 Å². The van der Waals surface area contributed by atoms with Gasteiger partial charge in [-0.15, -0.1) is 0 Å². The topological polar surface area (TPSA) is 223 Å². The second-order valence-corrected chi connectivity index (χ2v) is 17.7. The highest BCUT2D eigenvalue weighted by Crippen LogP contribution is 2.60. The number of thiol groups is 2. The predicted octanol–water partition coefficient (Wildman–Crippen LogP) is 2.21. The number of nitrogens with zero attached hydrogens (tertiary/aromatic N) is 8. The van der Waals surface area contributed by atoms with Gasteiger partial charge in [-0.2, -0.15) is 0 Å². The minimum Gasteiger partial charge on any atom is -0.366 e. The Morgan fingerprint density at radius 2 is 1.16 bits per heavy atom. The number of halogens is 2. The highest BCUT2D eigenvalue weighted by molar-refractivity contribution is 8.44. The van der Waals surface area contributed by atoms with Crippen LogP contribution in [0.3, 0.4) is 0 Å². The van der Waals surface area contributed by atoms with Crippen LogP contribution in [0.2, 0.25) is 0 Å². The quantitative estimate of drug-likeness (QED) is 0.0984. The van der Waals surface area contributed by atoms with Crippen molar-refractivity contribution in [3.63, 3.8) is 0 Å². The summed E-state index contributed by atoms with van der Waals surface area (Å²) < 4.78 is 96.4. The molecule has 0 spiro atoms. The molecule has 19 nitrogen and oxygen atoms in total. The van der Waals surface area contributed by atoms with Crippen molar-refractivity contribution >= 4 is 72.1 Å². The van der Waals surface area contributed by atoms with Crippen LogP contribution in [-0.4, -0.2) is 114 Å². The number of ether oxygens (including phenoxy) is 2. The van der Waals surface area contributed by atoms with Crippen LogP contribution in [0.25, 0.3) is 22.3 Å². The van der Waals surface area contributed by atoms with E-state index in [0.717, 1.165) is 0 Å². The first kappa shape index (κ1) is 32.4. The molecule has 4 aromatic heterocycles. The number of imidazole rings is 2. The lowest BCUT2D eigenvalue weighted by Crippen LogP contribution is -2.36. The Kier molecular flexibility index (Phi) is 7.93. The summed E-state index contributed by atoms with van der Waals surface area (Å²) in [4.78, 5) is 26.0. The van der Waals surface area contributed by atoms with E-state index in [1.807, 2.05) is 0 Å². The summed E-state index contributed by atoms with van der Waals surface area (Å²) in [6, 6.07) is 0.125. The van der Waals surface area contributed by atoms with E-state index in [1.165, 1.54) is 34.4 Å². The van der Waals surface area contributed by atoms with Gasteiger partial charge in [-0.25, -0.2) is 47.8 Å². The van der Waals surface area contributed by atoms with Gasteiger partial charge in [-0.05, 0) is 0 Å². The molecule has 10 heterocycles. The first-order chi connectivity index (χ1) is 23.6. The van der Waals surface area contributed by atoms with Crippen LogP contribution in [0.4, 0.5) is 20.4 Å². The largest absolute Gasteiger partial charge is 0.386 e. The van der Waals surface area contributed by atoms with E-state index in [4.69, 9.17) is 27.6 Å². The molecule has 10 rings (SSSR count). The molecule has 3 N–H and O–H groups in total. The van der Waals surface area contributed by atoms with Gasteiger partial charge in [0.25, 0.3) is 0 Å². The molecule has 0 aromatic carbocycles. The van der Waals surface area contributed by atoms with Crippen LogP contribution in [0.1, 0.15) is 12.5 Å². The number of fused-ring (bicyclic) bond motifs is 8. The third kappa shape index (κ3) is 5.81. The molecule has 14 bridgehead atoms. The molecule has 4 fully saturated rings. The highest BCUT2D eigenvalue weighted by Gasteiger charge is 2.54. The molecule has 49 heavy (non-hydrogen) atoms. The smallest absolute Gasteiger partial charge is 0.366 e. The van der Waals surface area contributed by atoms with Crippen molar-refractivity contribution in [1.82, 2.24) is 44.4 Å². The molecular weight excluding hydrogens is 734 g/mol. The zero-order valence-corrected chi connectivity index (χ0v) is 28.4. The maximum Gasteiger partial charge on any atom is 0.386 e. The van der Waals surface area contributed by atoms with Gasteiger partial charge < -0.3 is 25.4 Å². The summed E-state index contributed by atoms with van der Waals surface area (Å²) in [5.74, 6) is 0.813. The summed E-state index contributed by atoms with van der Waals surface area (Å²) in [5.41, 5.74) is 1.14. The van der Waals surface area contributed by atoms with E-state index in [-0.39, 0.29) is 23.4 Å². The third-order valence-corrected chi connectivity index (χ3v) is 12.1. The Labute approximate surface area is 284 Å². The minimum atomic E-state index is -4.39. The number of hydrogen-bond donors (Lipinski definition) is 5. The normalized spacial score (nSPS) is 40.8. The van der Waals surface area contributed by atoms with Crippen LogP contribution in [0.15, 0.2) is 25.3 Å². The molecule has 6 aliphatic heterocycles. The Morgan fingerprint density at radius 1 is 0.714 bits per heavy atom. The number of alkyl halides is 2. The van der Waals surface area contributed by atoms with Crippen molar-refractivity contribution in [2.24, 2.45) is 0 Å². The van der Waals surface area contributed by atoms with E-state index in [9.17, 15) is 9.13 Å². The van der Waals surface area contributed by atoms with Gasteiger partial charge >= 0.3 is 13.6 Å². The standard InChI is InChI=1S/C24H27F2N11O8P2S2/c25-13-17-11-3-40-47(39,49)45-18-12(4-41-46(38,48)44-17)43-24(14(18)26)37-8-34-16-20(30-6-32-22(16)37)28-2-10-9(35-10)1-27-19-15-21(31-5-29-19)36(7-33-15)23(13)42-11/h5-14,17-18,23-24,35H,1-4H2,(H,38,48)(H,39,49)(H,27,29,31)(H,28,30,32)/t9?,10?,11-,12?,13-,14-,17-,18-,23?,24-,46-,47+/m1/s1. The maximum absolute atomic E-state index is 16.3. The van der Waals surface area contributed by atoms with Gasteiger partial charge in [0.15, 0.2) is 58.8 Å². The molecule has 0 saturated carbocycles. The Morgan fingerprint density at radius 3 is 1.61 bits per heavy atom. The molecule has 0 amide bonds. The number of aromatic nitrogens is 8. The van der Waals surface area contributed by atoms with E-state index in [0.29, 0.717) is 35.8 Å². The lowest BCUT2D eigenvalue weighted by atomic mass is 10.1. The third-order valence-electron chi connectivity index (χ3n) is 8.90. The van der Waals surface area contributed by atoms with Crippen LogP contribution in [0.5, 0.6) is 0 Å². The first-order valence-corrected chi connectivity index (χ1v) is 20.4. The fourth-order valence-electron chi connectivity index (χ4n) is 6.43. The summed E-state index contributed by atoms with van der Waals surface area (Å²) in [5, 5.41) is 9.89. The van der Waals surface area contributed by atoms with E-state index >= 15 is 8.78 Å². The number of rotatable bonds is 0. The fourth-order valence-corrected chi connectivity index (χ4v) is 9.39. The van der Waals surface area contributed by atoms with Crippen LogP contribution >= 0.6 is 38.1 Å². The van der Waals surface area contributed by atoms with Crippen molar-refractivity contribution in [1.29, 1.82) is 0 Å². The average Bonchev–Trinajstić information content (AvgIpc) is 3.34. The van der Waals surface area contributed by atoms with E-state index in [2.05, 4.69) is 70.4 Å². The van der Waals surface area contributed by atoms with Crippen molar-refractivity contribution in [3.05, 3.63) is 25.3 Å². The van der Waals surface area contributed by atoms with Crippen LogP contribution in [-0.2, 0) is 36.7 Å². The Balaban J connectivity index is 1.12. The zero-order chi connectivity index (χ0) is 33.7. The van der Waals surface area contributed by atoms with Crippen LogP contribution in [0, 0.1) is 0 Å². The molecule has 262 valence electrons. The zero-order valence-electron chi connectivity index (χ0n) is 24.8. The summed E-state index contributed by atoms with van der Waals surface area (Å²) in [7, 11) is 0. The monoisotopic (exact) mass is 761 g/mol. The molecule has 6 aliphatic rings. The summed E-state index contributed by atoms with van der Waals surface area (Å²) >= 11 is 8.12. The average molecular weight is 762 g/mol. The van der Waals surface area contributed by atoms with E-state index in [1.54, 1.807) is 0 Å². The van der Waals surface area contributed by atoms with E-state index < -0.39 is 76.0 Å². The SMILES string of the molecule is O=[P@]1(S)OC[C@H]2OC3[C@H](F)[C@@H]2O[P@](=O)(S)OCC2O[C@H]([C@H](F)[C@@H]2O1)n1cnc2c(ncnc21)NCC1NC1CNc1ncnc2c1ncn23. The highest BCUT2D eigenvalue weighted by atomic mass is 32.7. The molecule has 4 unspecified atom stereocenters. The molecule has 4 saturated heterocycles. The van der Waals surface area contributed by atoms with Gasteiger partial charge in [-0.3, -0.25) is 27.2 Å². The predicted molar refractivity (Wildman–Crippen MR) is 171 cm³/mol. The van der Waals surface area contributed by atoms with Gasteiger partial charge in [0.05, 0.1) is 25.9 Å². The first-order valence-electron chi connectivity index (χ1n) is 15.0.